The summed E-state index contributed by atoms with van der Waals surface area (Å²) in [5.41, 5.74) is -2.88. The molecule has 4 aliphatic heterocycles. The van der Waals surface area contributed by atoms with E-state index in [2.05, 4.69) is 0 Å². The SMILES string of the molecule is C[C@@H]1O[C@@H]2OC(=O)[C@]3(C)C[C@H]4[C@](C)(C(=O)C=C5C(=CC(=O)OC5(C)C)[C@@]45CO5)[C@@H](C1=O)[C@@H]23. The average Bonchev–Trinajstić information content (AvgIpc) is 3.45. The molecule has 1 spiro atoms. The summed E-state index contributed by atoms with van der Waals surface area (Å²) in [7, 11) is 0. The number of Topliss-reactive ketones (excluding diaryl/α,β-unsaturated/α-hetero) is 1. The van der Waals surface area contributed by atoms with E-state index >= 15 is 0 Å². The normalized spacial score (nSPS) is 50.3. The molecule has 3 saturated heterocycles. The van der Waals surface area contributed by atoms with Gasteiger partial charge < -0.3 is 18.9 Å². The number of fused-ring (bicyclic) bond motifs is 5. The van der Waals surface area contributed by atoms with Crippen molar-refractivity contribution < 1.29 is 38.1 Å². The van der Waals surface area contributed by atoms with Crippen LogP contribution in [0.1, 0.15) is 41.0 Å². The second-order valence-corrected chi connectivity index (χ2v) is 11.0. The number of cyclic esters (lactones) is 1. The second kappa shape index (κ2) is 5.59. The number of carbonyl (C=O) groups excluding carboxylic acids is 4. The third-order valence-corrected chi connectivity index (χ3v) is 8.96. The first-order chi connectivity index (χ1) is 14.9. The maximum Gasteiger partial charge on any atom is 0.332 e. The van der Waals surface area contributed by atoms with Crippen molar-refractivity contribution in [3.63, 3.8) is 0 Å². The van der Waals surface area contributed by atoms with Gasteiger partial charge in [0.2, 0.25) is 6.29 Å². The number of ketones is 2. The minimum absolute atomic E-state index is 0.198. The molecule has 8 heteroatoms. The van der Waals surface area contributed by atoms with E-state index in [1.807, 2.05) is 6.92 Å². The fraction of sp³-hybridized carbons (Fsp3) is 0.667. The van der Waals surface area contributed by atoms with Gasteiger partial charge in [0, 0.05) is 40.4 Å². The lowest BCUT2D eigenvalue weighted by atomic mass is 9.45. The monoisotopic (exact) mass is 442 g/mol. The summed E-state index contributed by atoms with van der Waals surface area (Å²) in [6.45, 7) is 9.04. The Morgan fingerprint density at radius 2 is 1.69 bits per heavy atom. The average molecular weight is 442 g/mol. The predicted molar refractivity (Wildman–Crippen MR) is 107 cm³/mol. The molecule has 0 unspecified atom stereocenters. The van der Waals surface area contributed by atoms with Crippen molar-refractivity contribution in [2.24, 2.45) is 28.6 Å². The lowest BCUT2D eigenvalue weighted by Crippen LogP contribution is -2.65. The standard InChI is InChI=1S/C24H26O8/c1-10-18(27)16-17-19(30-10)31-20(28)22(17,4)8-13-23(16,5)14(25)6-11-12(24(13)9-29-24)7-15(26)32-21(11,2)3/h6-7,10,13,16-17,19H,8-9H2,1-5H3/t10-,13-,16+,17-,19+,22+,23+,24-/m0/s1. The fourth-order valence-electron chi connectivity index (χ4n) is 7.17. The van der Waals surface area contributed by atoms with Gasteiger partial charge >= 0.3 is 11.9 Å². The Hall–Kier alpha value is -2.32. The van der Waals surface area contributed by atoms with E-state index in [1.54, 1.807) is 27.7 Å². The van der Waals surface area contributed by atoms with Crippen molar-refractivity contribution >= 4 is 23.5 Å². The Balaban J connectivity index is 1.62. The molecule has 4 fully saturated rings. The largest absolute Gasteiger partial charge is 0.452 e. The van der Waals surface area contributed by atoms with Crippen LogP contribution in [0.5, 0.6) is 0 Å². The Bertz CT molecular complexity index is 1080. The highest BCUT2D eigenvalue weighted by Gasteiger charge is 2.77. The van der Waals surface area contributed by atoms with Crippen molar-refractivity contribution in [2.75, 3.05) is 6.61 Å². The van der Waals surface area contributed by atoms with Crippen LogP contribution in [-0.2, 0) is 38.1 Å². The maximum atomic E-state index is 14.0. The van der Waals surface area contributed by atoms with Crippen LogP contribution in [0.15, 0.2) is 23.3 Å². The first kappa shape index (κ1) is 20.3. The molecule has 2 aliphatic carbocycles. The molecule has 0 bridgehead atoms. The molecular weight excluding hydrogens is 416 g/mol. The van der Waals surface area contributed by atoms with E-state index in [9.17, 15) is 19.2 Å². The van der Waals surface area contributed by atoms with Crippen LogP contribution < -0.4 is 0 Å². The van der Waals surface area contributed by atoms with Crippen LogP contribution in [0.25, 0.3) is 0 Å². The van der Waals surface area contributed by atoms with Crippen molar-refractivity contribution in [1.29, 1.82) is 0 Å². The van der Waals surface area contributed by atoms with Gasteiger partial charge in [0.05, 0.1) is 12.0 Å². The molecule has 0 aromatic heterocycles. The summed E-state index contributed by atoms with van der Waals surface area (Å²) in [6, 6.07) is 0. The lowest BCUT2D eigenvalue weighted by Gasteiger charge is -2.56. The number of allylic oxidation sites excluding steroid dienone is 1. The summed E-state index contributed by atoms with van der Waals surface area (Å²) in [5, 5.41) is 0. The molecular formula is C24H26O8. The Morgan fingerprint density at radius 1 is 1.00 bits per heavy atom. The van der Waals surface area contributed by atoms with Crippen LogP contribution in [0.4, 0.5) is 0 Å². The van der Waals surface area contributed by atoms with Gasteiger partial charge in [-0.05, 0) is 40.2 Å². The summed E-state index contributed by atoms with van der Waals surface area (Å²) < 4.78 is 23.0. The third-order valence-electron chi connectivity index (χ3n) is 8.96. The number of rotatable bonds is 0. The Kier molecular flexibility index (Phi) is 3.55. The highest BCUT2D eigenvalue weighted by Crippen LogP contribution is 2.69. The molecule has 8 atom stereocenters. The highest BCUT2D eigenvalue weighted by atomic mass is 16.7. The Morgan fingerprint density at radius 3 is 2.34 bits per heavy atom. The molecule has 0 amide bonds. The molecule has 6 rings (SSSR count). The Labute approximate surface area is 185 Å². The number of hydrogen-bond acceptors (Lipinski definition) is 8. The highest BCUT2D eigenvalue weighted by molar-refractivity contribution is 6.04. The van der Waals surface area contributed by atoms with Crippen LogP contribution in [0.2, 0.25) is 0 Å². The van der Waals surface area contributed by atoms with Crippen molar-refractivity contribution in [1.82, 2.24) is 0 Å². The first-order valence-electron chi connectivity index (χ1n) is 11.1. The lowest BCUT2D eigenvalue weighted by molar-refractivity contribution is -0.221. The maximum absolute atomic E-state index is 14.0. The molecule has 0 radical (unpaired) electrons. The molecule has 170 valence electrons. The molecule has 0 N–H and O–H groups in total. The van der Waals surface area contributed by atoms with E-state index in [0.717, 1.165) is 0 Å². The smallest absolute Gasteiger partial charge is 0.332 e. The quantitative estimate of drug-likeness (QED) is 0.412. The molecule has 8 nitrogen and oxygen atoms in total. The van der Waals surface area contributed by atoms with E-state index in [4.69, 9.17) is 18.9 Å². The molecule has 0 aromatic carbocycles. The van der Waals surface area contributed by atoms with E-state index in [1.165, 1.54) is 12.2 Å². The summed E-state index contributed by atoms with van der Waals surface area (Å²) in [6.07, 6.45) is 1.58. The summed E-state index contributed by atoms with van der Waals surface area (Å²) in [4.78, 5) is 53.1. The van der Waals surface area contributed by atoms with Crippen LogP contribution >= 0.6 is 0 Å². The van der Waals surface area contributed by atoms with Gasteiger partial charge in [0.15, 0.2) is 11.6 Å². The molecule has 6 aliphatic rings. The minimum Gasteiger partial charge on any atom is -0.452 e. The molecule has 4 heterocycles. The van der Waals surface area contributed by atoms with Crippen LogP contribution in [0, 0.1) is 28.6 Å². The number of carbonyl (C=O) groups is 4. The number of esters is 2. The van der Waals surface area contributed by atoms with Gasteiger partial charge in [0.1, 0.15) is 17.3 Å². The molecule has 32 heavy (non-hydrogen) atoms. The van der Waals surface area contributed by atoms with Gasteiger partial charge in [-0.2, -0.15) is 0 Å². The topological polar surface area (TPSA) is 108 Å². The zero-order chi connectivity index (χ0) is 23.0. The summed E-state index contributed by atoms with van der Waals surface area (Å²) in [5.74, 6) is -3.14. The number of ether oxygens (including phenoxy) is 4. The van der Waals surface area contributed by atoms with Gasteiger partial charge in [-0.25, -0.2) is 4.79 Å². The van der Waals surface area contributed by atoms with Crippen LogP contribution in [0.3, 0.4) is 0 Å². The zero-order valence-electron chi connectivity index (χ0n) is 18.7. The van der Waals surface area contributed by atoms with Crippen LogP contribution in [-0.4, -0.2) is 53.7 Å². The number of epoxide rings is 1. The van der Waals surface area contributed by atoms with E-state index in [0.29, 0.717) is 24.2 Å². The van der Waals surface area contributed by atoms with Crippen molar-refractivity contribution in [3.8, 4) is 0 Å². The zero-order valence-corrected chi connectivity index (χ0v) is 18.7. The first-order valence-corrected chi connectivity index (χ1v) is 11.1. The van der Waals surface area contributed by atoms with Crippen molar-refractivity contribution in [3.05, 3.63) is 23.3 Å². The van der Waals surface area contributed by atoms with E-state index in [-0.39, 0.29) is 11.6 Å². The predicted octanol–water partition coefficient (Wildman–Crippen LogP) is 1.66. The fourth-order valence-corrected chi connectivity index (χ4v) is 7.17. The molecule has 1 saturated carbocycles. The summed E-state index contributed by atoms with van der Waals surface area (Å²) >= 11 is 0. The van der Waals surface area contributed by atoms with E-state index < -0.39 is 64.1 Å². The third kappa shape index (κ3) is 2.11. The minimum atomic E-state index is -1.15. The molecule has 0 aromatic rings. The van der Waals surface area contributed by atoms with Gasteiger partial charge in [0.25, 0.3) is 0 Å². The van der Waals surface area contributed by atoms with Gasteiger partial charge in [-0.15, -0.1) is 0 Å². The number of hydrogen-bond donors (Lipinski definition) is 0. The van der Waals surface area contributed by atoms with Crippen molar-refractivity contribution in [2.45, 2.75) is 64.6 Å². The van der Waals surface area contributed by atoms with Gasteiger partial charge in [-0.1, -0.05) is 6.92 Å². The second-order valence-electron chi connectivity index (χ2n) is 11.0. The van der Waals surface area contributed by atoms with Gasteiger partial charge in [-0.3, -0.25) is 14.4 Å².